The standard InChI is InChI=1S/C15H24N2S2/c1-5-11-6-7-18-13(11)10-17-14-16-9-12(19-14)8-15(2,3)4/h6-7,12H,5,8-10H2,1-4H3,(H,16,17). The van der Waals surface area contributed by atoms with Gasteiger partial charge in [0.15, 0.2) is 5.17 Å². The number of thiophene rings is 1. The van der Waals surface area contributed by atoms with Gasteiger partial charge in [-0.25, -0.2) is 0 Å². The van der Waals surface area contributed by atoms with E-state index >= 15 is 0 Å². The van der Waals surface area contributed by atoms with Gasteiger partial charge in [0.05, 0.1) is 13.1 Å². The Morgan fingerprint density at radius 1 is 1.42 bits per heavy atom. The number of amidine groups is 1. The largest absolute Gasteiger partial charge is 0.360 e. The summed E-state index contributed by atoms with van der Waals surface area (Å²) in [6.45, 7) is 11.0. The van der Waals surface area contributed by atoms with Crippen LogP contribution in [-0.4, -0.2) is 17.0 Å². The number of aliphatic imine (C=N–C) groups is 1. The van der Waals surface area contributed by atoms with Gasteiger partial charge in [-0.3, -0.25) is 4.99 Å². The van der Waals surface area contributed by atoms with Crippen molar-refractivity contribution in [3.05, 3.63) is 21.9 Å². The number of nitrogens with zero attached hydrogens (tertiary/aromatic N) is 1. The zero-order valence-corrected chi connectivity index (χ0v) is 14.0. The first-order chi connectivity index (χ1) is 8.98. The fraction of sp³-hybridized carbons (Fsp3) is 0.667. The van der Waals surface area contributed by atoms with Crippen LogP contribution in [0.25, 0.3) is 0 Å². The van der Waals surface area contributed by atoms with E-state index in [1.807, 2.05) is 23.1 Å². The molecule has 0 saturated carbocycles. The summed E-state index contributed by atoms with van der Waals surface area (Å²) in [6.07, 6.45) is 2.35. The molecule has 1 aromatic heterocycles. The lowest BCUT2D eigenvalue weighted by atomic mass is 9.90. The van der Waals surface area contributed by atoms with Crippen LogP contribution in [0.1, 0.15) is 44.6 Å². The maximum Gasteiger partial charge on any atom is 0.157 e. The molecule has 1 aromatic rings. The van der Waals surface area contributed by atoms with Gasteiger partial charge < -0.3 is 5.32 Å². The van der Waals surface area contributed by atoms with Crippen molar-refractivity contribution in [2.75, 3.05) is 6.54 Å². The molecule has 1 atom stereocenters. The highest BCUT2D eigenvalue weighted by Crippen LogP contribution is 2.31. The van der Waals surface area contributed by atoms with Crippen molar-refractivity contribution in [3.63, 3.8) is 0 Å². The highest BCUT2D eigenvalue weighted by Gasteiger charge is 2.24. The first-order valence-corrected chi connectivity index (χ1v) is 8.74. The molecule has 0 radical (unpaired) electrons. The Kier molecular flexibility index (Phi) is 4.96. The van der Waals surface area contributed by atoms with Crippen molar-refractivity contribution >= 4 is 28.3 Å². The number of hydrogen-bond acceptors (Lipinski definition) is 4. The van der Waals surface area contributed by atoms with E-state index in [1.165, 1.54) is 16.9 Å². The molecule has 1 aliphatic rings. The second kappa shape index (κ2) is 6.31. The van der Waals surface area contributed by atoms with Crippen LogP contribution in [0.2, 0.25) is 0 Å². The second-order valence-corrected chi connectivity index (χ2v) is 8.52. The SMILES string of the molecule is CCc1ccsc1CNC1=NCC(CC(C)(C)C)S1. The lowest BCUT2D eigenvalue weighted by molar-refractivity contribution is 0.375. The fourth-order valence-corrected chi connectivity index (χ4v) is 4.57. The first kappa shape index (κ1) is 14.9. The van der Waals surface area contributed by atoms with Crippen LogP contribution in [0.5, 0.6) is 0 Å². The molecular formula is C15H24N2S2. The van der Waals surface area contributed by atoms with Crippen molar-refractivity contribution in [2.45, 2.75) is 52.3 Å². The molecule has 0 spiro atoms. The van der Waals surface area contributed by atoms with Crippen LogP contribution in [0.15, 0.2) is 16.4 Å². The van der Waals surface area contributed by atoms with Gasteiger partial charge in [0.2, 0.25) is 0 Å². The highest BCUT2D eigenvalue weighted by atomic mass is 32.2. The molecule has 0 aromatic carbocycles. The Labute approximate surface area is 125 Å². The van der Waals surface area contributed by atoms with E-state index in [9.17, 15) is 0 Å². The van der Waals surface area contributed by atoms with Crippen molar-refractivity contribution in [1.29, 1.82) is 0 Å². The van der Waals surface area contributed by atoms with E-state index in [0.717, 1.165) is 24.7 Å². The van der Waals surface area contributed by atoms with Crippen LogP contribution in [0, 0.1) is 5.41 Å². The lowest BCUT2D eigenvalue weighted by Gasteiger charge is -2.21. The van der Waals surface area contributed by atoms with Crippen molar-refractivity contribution in [3.8, 4) is 0 Å². The summed E-state index contributed by atoms with van der Waals surface area (Å²) in [7, 11) is 0. The third-order valence-electron chi connectivity index (χ3n) is 3.18. The summed E-state index contributed by atoms with van der Waals surface area (Å²) >= 11 is 3.76. The van der Waals surface area contributed by atoms with Crippen molar-refractivity contribution < 1.29 is 0 Å². The fourth-order valence-electron chi connectivity index (χ4n) is 2.30. The van der Waals surface area contributed by atoms with Gasteiger partial charge in [0.25, 0.3) is 0 Å². The Balaban J connectivity index is 1.79. The molecule has 1 N–H and O–H groups in total. The van der Waals surface area contributed by atoms with E-state index in [2.05, 4.69) is 49.5 Å². The van der Waals surface area contributed by atoms with E-state index in [0.29, 0.717) is 10.7 Å². The molecule has 0 amide bonds. The molecule has 2 rings (SSSR count). The summed E-state index contributed by atoms with van der Waals surface area (Å²) < 4.78 is 0. The van der Waals surface area contributed by atoms with Crippen LogP contribution in [-0.2, 0) is 13.0 Å². The monoisotopic (exact) mass is 296 g/mol. The summed E-state index contributed by atoms with van der Waals surface area (Å²) in [4.78, 5) is 6.08. The van der Waals surface area contributed by atoms with E-state index in [-0.39, 0.29) is 0 Å². The quantitative estimate of drug-likeness (QED) is 0.895. The zero-order chi connectivity index (χ0) is 13.9. The Hall–Kier alpha value is -0.480. The Bertz CT molecular complexity index is 443. The smallest absolute Gasteiger partial charge is 0.157 e. The van der Waals surface area contributed by atoms with Gasteiger partial charge in [-0.1, -0.05) is 39.5 Å². The van der Waals surface area contributed by atoms with Crippen LogP contribution < -0.4 is 5.32 Å². The van der Waals surface area contributed by atoms with E-state index < -0.39 is 0 Å². The van der Waals surface area contributed by atoms with Crippen molar-refractivity contribution in [2.24, 2.45) is 10.4 Å². The minimum atomic E-state index is 0.395. The minimum Gasteiger partial charge on any atom is -0.360 e. The van der Waals surface area contributed by atoms with E-state index in [4.69, 9.17) is 0 Å². The molecule has 2 heterocycles. The average molecular weight is 297 g/mol. The predicted octanol–water partition coefficient (Wildman–Crippen LogP) is 4.31. The summed E-state index contributed by atoms with van der Waals surface area (Å²) in [6, 6.07) is 2.23. The van der Waals surface area contributed by atoms with Crippen molar-refractivity contribution in [1.82, 2.24) is 5.32 Å². The molecule has 19 heavy (non-hydrogen) atoms. The van der Waals surface area contributed by atoms with Gasteiger partial charge in [0.1, 0.15) is 0 Å². The maximum atomic E-state index is 4.63. The van der Waals surface area contributed by atoms with E-state index in [1.54, 1.807) is 0 Å². The number of nitrogens with one attached hydrogen (secondary N) is 1. The summed E-state index contributed by atoms with van der Waals surface area (Å²) in [5, 5.41) is 7.46. The molecule has 0 saturated heterocycles. The molecule has 1 aliphatic heterocycles. The predicted molar refractivity (Wildman–Crippen MR) is 88.3 cm³/mol. The zero-order valence-electron chi connectivity index (χ0n) is 12.3. The summed E-state index contributed by atoms with van der Waals surface area (Å²) in [5.41, 5.74) is 1.86. The molecule has 0 fully saturated rings. The Morgan fingerprint density at radius 2 is 2.21 bits per heavy atom. The second-order valence-electron chi connectivity index (χ2n) is 6.23. The lowest BCUT2D eigenvalue weighted by Crippen LogP contribution is -2.20. The average Bonchev–Trinajstić information content (AvgIpc) is 2.92. The molecular weight excluding hydrogens is 272 g/mol. The number of thioether (sulfide) groups is 1. The normalized spacial score (nSPS) is 19.6. The summed E-state index contributed by atoms with van der Waals surface area (Å²) in [5.74, 6) is 0. The molecule has 4 heteroatoms. The van der Waals surface area contributed by atoms with Gasteiger partial charge in [-0.15, -0.1) is 11.3 Å². The topological polar surface area (TPSA) is 24.4 Å². The number of rotatable bonds is 4. The molecule has 106 valence electrons. The molecule has 2 nitrogen and oxygen atoms in total. The minimum absolute atomic E-state index is 0.395. The molecule has 0 aliphatic carbocycles. The third kappa shape index (κ3) is 4.53. The number of hydrogen-bond donors (Lipinski definition) is 1. The van der Waals surface area contributed by atoms with Crippen LogP contribution >= 0.6 is 23.1 Å². The van der Waals surface area contributed by atoms with Crippen LogP contribution in [0.3, 0.4) is 0 Å². The van der Waals surface area contributed by atoms with Gasteiger partial charge >= 0.3 is 0 Å². The van der Waals surface area contributed by atoms with Gasteiger partial charge in [-0.05, 0) is 35.3 Å². The molecule has 1 unspecified atom stereocenters. The van der Waals surface area contributed by atoms with Gasteiger partial charge in [-0.2, -0.15) is 0 Å². The Morgan fingerprint density at radius 3 is 2.89 bits per heavy atom. The third-order valence-corrected chi connectivity index (χ3v) is 5.28. The first-order valence-electron chi connectivity index (χ1n) is 6.98. The number of aryl methyl sites for hydroxylation is 1. The van der Waals surface area contributed by atoms with Crippen LogP contribution in [0.4, 0.5) is 0 Å². The maximum absolute atomic E-state index is 4.63. The highest BCUT2D eigenvalue weighted by molar-refractivity contribution is 8.14. The molecule has 0 bridgehead atoms. The van der Waals surface area contributed by atoms with Gasteiger partial charge in [0, 0.05) is 10.1 Å².